The first kappa shape index (κ1) is 11.7. The standard InChI is InChI=1S/C9H12N2O3S/c1-5(10)8(12)11-7(9(13)14)6-3-2-4-15-6/h2-5,7H,10H2,1H3,(H,11,12)(H,13,14)/t5-,7?/m1/s1. The van der Waals surface area contributed by atoms with E-state index in [1.807, 2.05) is 0 Å². The Balaban J connectivity index is 2.77. The van der Waals surface area contributed by atoms with Crippen molar-refractivity contribution in [3.8, 4) is 0 Å². The number of carboxylic acid groups (broad SMARTS) is 1. The van der Waals surface area contributed by atoms with Crippen LogP contribution in [0.4, 0.5) is 0 Å². The lowest BCUT2D eigenvalue weighted by Gasteiger charge is -2.14. The molecule has 0 radical (unpaired) electrons. The summed E-state index contributed by atoms with van der Waals surface area (Å²) in [5, 5.41) is 13.0. The van der Waals surface area contributed by atoms with Gasteiger partial charge in [0.25, 0.3) is 0 Å². The van der Waals surface area contributed by atoms with Gasteiger partial charge in [-0.1, -0.05) is 6.07 Å². The van der Waals surface area contributed by atoms with E-state index in [0.29, 0.717) is 4.88 Å². The molecule has 1 heterocycles. The fourth-order valence-corrected chi connectivity index (χ4v) is 1.75. The van der Waals surface area contributed by atoms with Gasteiger partial charge in [-0.05, 0) is 18.4 Å². The third-order valence-corrected chi connectivity index (χ3v) is 2.71. The molecule has 0 spiro atoms. The lowest BCUT2D eigenvalue weighted by Crippen LogP contribution is -2.42. The van der Waals surface area contributed by atoms with Crippen LogP contribution in [0.25, 0.3) is 0 Å². The number of rotatable bonds is 4. The van der Waals surface area contributed by atoms with E-state index in [2.05, 4.69) is 5.32 Å². The van der Waals surface area contributed by atoms with Crippen molar-refractivity contribution in [1.82, 2.24) is 5.32 Å². The van der Waals surface area contributed by atoms with Crippen LogP contribution in [0.3, 0.4) is 0 Å². The molecule has 0 bridgehead atoms. The molecule has 0 aliphatic carbocycles. The number of hydrogen-bond donors (Lipinski definition) is 3. The van der Waals surface area contributed by atoms with Crippen LogP contribution in [0, 0.1) is 0 Å². The Labute approximate surface area is 90.9 Å². The van der Waals surface area contributed by atoms with Crippen LogP contribution in [0.2, 0.25) is 0 Å². The highest BCUT2D eigenvalue weighted by Crippen LogP contribution is 2.19. The average Bonchev–Trinajstić information content (AvgIpc) is 2.65. The number of nitrogens with two attached hydrogens (primary N) is 1. The van der Waals surface area contributed by atoms with E-state index in [1.165, 1.54) is 18.3 Å². The zero-order valence-corrected chi connectivity index (χ0v) is 8.95. The molecule has 0 aromatic carbocycles. The van der Waals surface area contributed by atoms with Crippen LogP contribution in [-0.2, 0) is 9.59 Å². The molecule has 1 aromatic heterocycles. The van der Waals surface area contributed by atoms with Crippen molar-refractivity contribution in [2.75, 3.05) is 0 Å². The molecule has 6 heteroatoms. The van der Waals surface area contributed by atoms with Gasteiger partial charge in [-0.25, -0.2) is 4.79 Å². The highest BCUT2D eigenvalue weighted by molar-refractivity contribution is 7.10. The van der Waals surface area contributed by atoms with Crippen molar-refractivity contribution in [2.45, 2.75) is 19.0 Å². The summed E-state index contributed by atoms with van der Waals surface area (Å²) in [6.45, 7) is 1.50. The predicted octanol–water partition coefficient (Wildman–Crippen LogP) is 0.337. The molecule has 2 atom stereocenters. The van der Waals surface area contributed by atoms with Gasteiger partial charge in [0.2, 0.25) is 5.91 Å². The fourth-order valence-electron chi connectivity index (χ4n) is 0.984. The zero-order chi connectivity index (χ0) is 11.4. The van der Waals surface area contributed by atoms with Crippen LogP contribution < -0.4 is 11.1 Å². The van der Waals surface area contributed by atoms with Crippen molar-refractivity contribution >= 4 is 23.2 Å². The number of hydrogen-bond acceptors (Lipinski definition) is 4. The summed E-state index contributed by atoms with van der Waals surface area (Å²) in [5.74, 6) is -1.57. The third kappa shape index (κ3) is 3.03. The van der Waals surface area contributed by atoms with E-state index in [4.69, 9.17) is 10.8 Å². The van der Waals surface area contributed by atoms with Crippen molar-refractivity contribution in [2.24, 2.45) is 5.73 Å². The Morgan fingerprint density at radius 2 is 2.27 bits per heavy atom. The normalized spacial score (nSPS) is 14.3. The Morgan fingerprint density at radius 3 is 2.67 bits per heavy atom. The number of carbonyl (C=O) groups excluding carboxylic acids is 1. The van der Waals surface area contributed by atoms with Gasteiger partial charge in [-0.15, -0.1) is 11.3 Å². The summed E-state index contributed by atoms with van der Waals surface area (Å²) in [6.07, 6.45) is 0. The van der Waals surface area contributed by atoms with Gasteiger partial charge in [0.1, 0.15) is 0 Å². The molecule has 0 aliphatic heterocycles. The summed E-state index contributed by atoms with van der Waals surface area (Å²) in [6, 6.07) is 1.66. The second-order valence-corrected chi connectivity index (χ2v) is 4.06. The van der Waals surface area contributed by atoms with Crippen LogP contribution >= 0.6 is 11.3 Å². The van der Waals surface area contributed by atoms with E-state index in [1.54, 1.807) is 17.5 Å². The summed E-state index contributed by atoms with van der Waals surface area (Å²) in [7, 11) is 0. The number of carbonyl (C=O) groups is 2. The quantitative estimate of drug-likeness (QED) is 0.692. The van der Waals surface area contributed by atoms with Crippen LogP contribution in [0.5, 0.6) is 0 Å². The van der Waals surface area contributed by atoms with Gasteiger partial charge in [-0.3, -0.25) is 4.79 Å². The number of amides is 1. The molecule has 0 saturated carbocycles. The van der Waals surface area contributed by atoms with Crippen LogP contribution in [0.15, 0.2) is 17.5 Å². The number of thiophene rings is 1. The Bertz CT molecular complexity index is 348. The Kier molecular flexibility index (Phi) is 3.81. The lowest BCUT2D eigenvalue weighted by molar-refractivity contribution is -0.142. The number of aliphatic carboxylic acids is 1. The maximum atomic E-state index is 11.3. The second-order valence-electron chi connectivity index (χ2n) is 3.08. The summed E-state index contributed by atoms with van der Waals surface area (Å²) >= 11 is 1.28. The highest BCUT2D eigenvalue weighted by atomic mass is 32.1. The minimum absolute atomic E-state index is 0.476. The van der Waals surface area contributed by atoms with Crippen LogP contribution in [0.1, 0.15) is 17.8 Å². The predicted molar refractivity (Wildman–Crippen MR) is 56.5 cm³/mol. The summed E-state index contributed by atoms with van der Waals surface area (Å²) < 4.78 is 0. The lowest BCUT2D eigenvalue weighted by atomic mass is 10.2. The summed E-state index contributed by atoms with van der Waals surface area (Å²) in [4.78, 5) is 22.7. The van der Waals surface area contributed by atoms with Crippen molar-refractivity contribution < 1.29 is 14.7 Å². The van der Waals surface area contributed by atoms with E-state index < -0.39 is 24.0 Å². The van der Waals surface area contributed by atoms with Crippen LogP contribution in [-0.4, -0.2) is 23.0 Å². The first-order valence-electron chi connectivity index (χ1n) is 4.34. The van der Waals surface area contributed by atoms with E-state index in [0.717, 1.165) is 0 Å². The molecular formula is C9H12N2O3S. The zero-order valence-electron chi connectivity index (χ0n) is 8.14. The fraction of sp³-hybridized carbons (Fsp3) is 0.333. The van der Waals surface area contributed by atoms with Gasteiger partial charge in [0.15, 0.2) is 6.04 Å². The topological polar surface area (TPSA) is 92.4 Å². The smallest absolute Gasteiger partial charge is 0.331 e. The molecule has 1 rings (SSSR count). The molecule has 1 unspecified atom stereocenters. The van der Waals surface area contributed by atoms with E-state index in [-0.39, 0.29) is 0 Å². The molecule has 5 nitrogen and oxygen atoms in total. The number of nitrogens with one attached hydrogen (secondary N) is 1. The molecule has 15 heavy (non-hydrogen) atoms. The molecule has 0 fully saturated rings. The Morgan fingerprint density at radius 1 is 1.60 bits per heavy atom. The number of carboxylic acids is 1. The second kappa shape index (κ2) is 4.90. The molecule has 82 valence electrons. The Hall–Kier alpha value is -1.40. The molecule has 1 amide bonds. The van der Waals surface area contributed by atoms with Gasteiger partial charge in [0, 0.05) is 4.88 Å². The molecule has 0 saturated heterocycles. The van der Waals surface area contributed by atoms with E-state index in [9.17, 15) is 9.59 Å². The van der Waals surface area contributed by atoms with Crippen molar-refractivity contribution in [1.29, 1.82) is 0 Å². The minimum atomic E-state index is -1.09. The van der Waals surface area contributed by atoms with Gasteiger partial charge in [0.05, 0.1) is 6.04 Å². The highest BCUT2D eigenvalue weighted by Gasteiger charge is 2.23. The van der Waals surface area contributed by atoms with Gasteiger partial charge in [-0.2, -0.15) is 0 Å². The largest absolute Gasteiger partial charge is 0.479 e. The van der Waals surface area contributed by atoms with Gasteiger partial charge < -0.3 is 16.2 Å². The monoisotopic (exact) mass is 228 g/mol. The maximum absolute atomic E-state index is 11.3. The molecule has 4 N–H and O–H groups in total. The summed E-state index contributed by atoms with van der Waals surface area (Å²) in [5.41, 5.74) is 5.34. The molecular weight excluding hydrogens is 216 g/mol. The first-order valence-corrected chi connectivity index (χ1v) is 5.22. The first-order chi connectivity index (χ1) is 7.02. The van der Waals surface area contributed by atoms with Gasteiger partial charge >= 0.3 is 5.97 Å². The minimum Gasteiger partial charge on any atom is -0.479 e. The van der Waals surface area contributed by atoms with E-state index >= 15 is 0 Å². The molecule has 0 aliphatic rings. The third-order valence-electron chi connectivity index (χ3n) is 1.77. The van der Waals surface area contributed by atoms with Crippen molar-refractivity contribution in [3.05, 3.63) is 22.4 Å². The van der Waals surface area contributed by atoms with Crippen molar-refractivity contribution in [3.63, 3.8) is 0 Å². The maximum Gasteiger partial charge on any atom is 0.331 e. The average molecular weight is 228 g/mol. The SMILES string of the molecule is C[C@@H](N)C(=O)NC(C(=O)O)c1cccs1. The molecule has 1 aromatic rings.